The lowest BCUT2D eigenvalue weighted by molar-refractivity contribution is -0.120. The summed E-state index contributed by atoms with van der Waals surface area (Å²) in [7, 11) is 0. The summed E-state index contributed by atoms with van der Waals surface area (Å²) >= 11 is 0. The molecule has 0 saturated carbocycles. The third-order valence-corrected chi connectivity index (χ3v) is 3.27. The second-order valence-electron chi connectivity index (χ2n) is 4.65. The van der Waals surface area contributed by atoms with E-state index < -0.39 is 0 Å². The van der Waals surface area contributed by atoms with Gasteiger partial charge in [-0.3, -0.25) is 21.1 Å². The predicted molar refractivity (Wildman–Crippen MR) is 77.7 cm³/mol. The molecule has 5 N–H and O–H groups in total. The molecule has 4 rings (SSSR count). The summed E-state index contributed by atoms with van der Waals surface area (Å²) in [6.45, 7) is 0. The zero-order valence-electron chi connectivity index (χ0n) is 11.2. The van der Waals surface area contributed by atoms with Gasteiger partial charge in [-0.2, -0.15) is 0 Å². The Balaban J connectivity index is 1.90. The lowest BCUT2D eigenvalue weighted by Crippen LogP contribution is -2.32. The summed E-state index contributed by atoms with van der Waals surface area (Å²) in [5.74, 6) is 6.65. The van der Waals surface area contributed by atoms with Crippen LogP contribution in [0, 0.1) is 0 Å². The molecule has 1 aliphatic rings. The number of anilines is 2. The average molecular weight is 297 g/mol. The van der Waals surface area contributed by atoms with Crippen LogP contribution < -0.4 is 22.1 Å². The maximum absolute atomic E-state index is 11.5. The van der Waals surface area contributed by atoms with Gasteiger partial charge >= 0.3 is 0 Å². The first-order chi connectivity index (χ1) is 10.8. The maximum atomic E-state index is 11.5. The summed E-state index contributed by atoms with van der Waals surface area (Å²) in [6.07, 6.45) is -0.0148. The smallest absolute Gasteiger partial charge is 0.249 e. The number of amides is 1. The lowest BCUT2D eigenvalue weighted by Gasteiger charge is -2.20. The van der Waals surface area contributed by atoms with Gasteiger partial charge in [0.05, 0.1) is 17.5 Å². The zero-order chi connectivity index (χ0) is 15.1. The summed E-state index contributed by atoms with van der Waals surface area (Å²) < 4.78 is 1.64. The number of carbonyl (C=O) groups excluding carboxylic acids is 1. The van der Waals surface area contributed by atoms with Crippen molar-refractivity contribution in [3.05, 3.63) is 30.1 Å². The summed E-state index contributed by atoms with van der Waals surface area (Å²) in [5, 5.41) is 7.96. The maximum Gasteiger partial charge on any atom is 0.249 e. The highest BCUT2D eigenvalue weighted by atomic mass is 16.2. The summed E-state index contributed by atoms with van der Waals surface area (Å²) in [4.78, 5) is 20.6. The number of nitrogens with one attached hydrogen (secondary N) is 3. The van der Waals surface area contributed by atoms with Crippen molar-refractivity contribution in [3.8, 4) is 5.82 Å². The molecule has 0 saturated heterocycles. The van der Waals surface area contributed by atoms with Crippen molar-refractivity contribution in [1.82, 2.24) is 30.2 Å². The van der Waals surface area contributed by atoms with Crippen LogP contribution in [0.4, 0.5) is 11.8 Å². The first kappa shape index (κ1) is 12.5. The molecule has 0 radical (unpaired) electrons. The van der Waals surface area contributed by atoms with Gasteiger partial charge in [-0.15, -0.1) is 10.2 Å². The van der Waals surface area contributed by atoms with Crippen molar-refractivity contribution >= 4 is 28.7 Å². The van der Waals surface area contributed by atoms with Gasteiger partial charge in [-0.25, -0.2) is 20.4 Å². The molecule has 0 aliphatic carbocycles. The molecule has 22 heavy (non-hydrogen) atoms. The Labute approximate surface area is 123 Å². The minimum absolute atomic E-state index is 0.0148. The molecule has 2 aromatic heterocycles. The van der Waals surface area contributed by atoms with Gasteiger partial charge in [0.15, 0.2) is 11.6 Å². The number of hydrogen-bond acceptors (Lipinski definition) is 8. The highest BCUT2D eigenvalue weighted by Crippen LogP contribution is 2.27. The van der Waals surface area contributed by atoms with Crippen LogP contribution in [-0.4, -0.2) is 30.6 Å². The molecule has 0 unspecified atom stereocenters. The molecule has 0 atom stereocenters. The highest BCUT2D eigenvalue weighted by molar-refractivity contribution is 5.80. The number of fused-ring (bicyclic) bond motifs is 4. The number of benzene rings is 1. The largest absolute Gasteiger partial charge is 0.294 e. The monoisotopic (exact) mass is 297 g/mol. The van der Waals surface area contributed by atoms with E-state index in [0.29, 0.717) is 23.4 Å². The molecule has 0 bridgehead atoms. The minimum Gasteiger partial charge on any atom is -0.294 e. The number of rotatable bonds is 2. The topological polar surface area (TPSA) is 136 Å². The van der Waals surface area contributed by atoms with Crippen LogP contribution in [-0.2, 0) is 11.2 Å². The predicted octanol–water partition coefficient (Wildman–Crippen LogP) is -0.505. The second kappa shape index (κ2) is 4.63. The molecule has 1 amide bonds. The fourth-order valence-corrected chi connectivity index (χ4v) is 2.27. The first-order valence-electron chi connectivity index (χ1n) is 6.49. The van der Waals surface area contributed by atoms with E-state index in [2.05, 4.69) is 36.4 Å². The fraction of sp³-hybridized carbons (Fsp3) is 0.0833. The van der Waals surface area contributed by atoms with E-state index in [0.717, 1.165) is 11.0 Å². The van der Waals surface area contributed by atoms with Crippen molar-refractivity contribution in [2.45, 2.75) is 6.42 Å². The normalized spacial score (nSPS) is 12.0. The molecule has 110 valence electrons. The van der Waals surface area contributed by atoms with Crippen LogP contribution in [0.3, 0.4) is 0 Å². The lowest BCUT2D eigenvalue weighted by atomic mass is 10.3. The van der Waals surface area contributed by atoms with Gasteiger partial charge in [-0.1, -0.05) is 12.1 Å². The number of nitrogens with zero attached hydrogens (tertiary/aromatic N) is 5. The SMILES string of the molecule is NNC(=O)Cc1nnc2n1-c1nc3ccccc3nc1NN2. The van der Waals surface area contributed by atoms with E-state index in [1.807, 2.05) is 24.3 Å². The Kier molecular flexibility index (Phi) is 2.63. The minimum atomic E-state index is -0.371. The Morgan fingerprint density at radius 1 is 1.18 bits per heavy atom. The number of nitrogens with two attached hydrogens (primary N) is 1. The average Bonchev–Trinajstić information content (AvgIpc) is 2.96. The summed E-state index contributed by atoms with van der Waals surface area (Å²) in [5.41, 5.74) is 9.35. The van der Waals surface area contributed by atoms with Crippen molar-refractivity contribution in [2.75, 3.05) is 10.9 Å². The standard InChI is InChI=1S/C12H11N9O/c13-16-9(22)5-8-17-19-12-20-18-10-11(21(8)12)15-7-4-2-1-3-6(7)14-10/h1-4H,5,13H2,(H,14,18)(H,16,22)(H,19,20). The van der Waals surface area contributed by atoms with Crippen LogP contribution in [0.1, 0.15) is 5.82 Å². The molecule has 0 fully saturated rings. The number of para-hydroxylation sites is 2. The molecule has 10 heteroatoms. The van der Waals surface area contributed by atoms with Gasteiger partial charge in [0.1, 0.15) is 5.82 Å². The number of hydrazine groups is 2. The molecular formula is C12H11N9O. The van der Waals surface area contributed by atoms with E-state index in [-0.39, 0.29) is 12.3 Å². The molecule has 1 aromatic carbocycles. The van der Waals surface area contributed by atoms with Gasteiger partial charge in [0.2, 0.25) is 11.9 Å². The van der Waals surface area contributed by atoms with E-state index in [1.54, 1.807) is 4.57 Å². The van der Waals surface area contributed by atoms with Crippen LogP contribution in [0.5, 0.6) is 0 Å². The van der Waals surface area contributed by atoms with E-state index in [1.165, 1.54) is 0 Å². The molecule has 0 spiro atoms. The third kappa shape index (κ3) is 1.82. The van der Waals surface area contributed by atoms with Gasteiger partial charge in [0.25, 0.3) is 0 Å². The molecular weight excluding hydrogens is 286 g/mol. The zero-order valence-corrected chi connectivity index (χ0v) is 11.2. The van der Waals surface area contributed by atoms with Crippen LogP contribution in [0.2, 0.25) is 0 Å². The van der Waals surface area contributed by atoms with E-state index in [4.69, 9.17) is 5.84 Å². The van der Waals surface area contributed by atoms with Gasteiger partial charge in [-0.05, 0) is 12.1 Å². The third-order valence-electron chi connectivity index (χ3n) is 3.27. The number of carbonyl (C=O) groups is 1. The number of hydrogen-bond donors (Lipinski definition) is 4. The van der Waals surface area contributed by atoms with Gasteiger partial charge in [0, 0.05) is 0 Å². The van der Waals surface area contributed by atoms with Crippen molar-refractivity contribution in [1.29, 1.82) is 0 Å². The van der Waals surface area contributed by atoms with Crippen LogP contribution in [0.25, 0.3) is 16.9 Å². The Morgan fingerprint density at radius 2 is 1.95 bits per heavy atom. The van der Waals surface area contributed by atoms with Gasteiger partial charge < -0.3 is 0 Å². The molecule has 10 nitrogen and oxygen atoms in total. The van der Waals surface area contributed by atoms with E-state index >= 15 is 0 Å². The highest BCUT2D eigenvalue weighted by Gasteiger charge is 2.24. The Morgan fingerprint density at radius 3 is 2.73 bits per heavy atom. The Bertz CT molecular complexity index is 887. The van der Waals surface area contributed by atoms with Crippen molar-refractivity contribution in [3.63, 3.8) is 0 Å². The van der Waals surface area contributed by atoms with Crippen molar-refractivity contribution < 1.29 is 4.79 Å². The Hall–Kier alpha value is -3.27. The quantitative estimate of drug-likeness (QED) is 0.282. The second-order valence-corrected chi connectivity index (χ2v) is 4.65. The van der Waals surface area contributed by atoms with E-state index in [9.17, 15) is 4.79 Å². The van der Waals surface area contributed by atoms with Crippen molar-refractivity contribution in [2.24, 2.45) is 5.84 Å². The number of aromatic nitrogens is 5. The molecule has 1 aliphatic heterocycles. The van der Waals surface area contributed by atoms with Crippen LogP contribution in [0.15, 0.2) is 24.3 Å². The summed E-state index contributed by atoms with van der Waals surface area (Å²) in [6, 6.07) is 7.50. The molecule has 3 aromatic rings. The fourth-order valence-electron chi connectivity index (χ4n) is 2.27. The first-order valence-corrected chi connectivity index (χ1v) is 6.49. The van der Waals surface area contributed by atoms with Crippen LogP contribution >= 0.6 is 0 Å². The molecule has 3 heterocycles.